The van der Waals surface area contributed by atoms with Crippen LogP contribution in [0.4, 0.5) is 0 Å². The van der Waals surface area contributed by atoms with Crippen LogP contribution in [0, 0.1) is 0 Å². The summed E-state index contributed by atoms with van der Waals surface area (Å²) in [5, 5.41) is 0. The molecule has 0 N–H and O–H groups in total. The molecule has 0 unspecified atom stereocenters. The summed E-state index contributed by atoms with van der Waals surface area (Å²) in [6.07, 6.45) is 0.736. The molecule has 1 aromatic rings. The van der Waals surface area contributed by atoms with Crippen molar-refractivity contribution in [3.8, 4) is 0 Å². The highest BCUT2D eigenvalue weighted by atomic mass is 35.7. The topological polar surface area (TPSA) is 60.4 Å². The molecule has 0 amide bonds. The number of halogens is 1. The zero-order valence-corrected chi connectivity index (χ0v) is 10.2. The number of carbonyl (C=O) groups is 1. The summed E-state index contributed by atoms with van der Waals surface area (Å²) in [7, 11) is 1.39. The van der Waals surface area contributed by atoms with Crippen molar-refractivity contribution in [2.75, 3.05) is 6.61 Å². The van der Waals surface area contributed by atoms with E-state index in [0.29, 0.717) is 12.2 Å². The molecule has 0 saturated carbocycles. The molecule has 0 saturated heterocycles. The molecule has 0 aromatic heterocycles. The van der Waals surface area contributed by atoms with Crippen molar-refractivity contribution in [1.82, 2.24) is 0 Å². The van der Waals surface area contributed by atoms with Gasteiger partial charge in [0.05, 0.1) is 17.1 Å². The minimum atomic E-state index is -3.74. The van der Waals surface area contributed by atoms with E-state index in [1.807, 2.05) is 6.92 Å². The maximum Gasteiger partial charge on any atom is 0.338 e. The fraction of sp³-hybridized carbons (Fsp3) is 0.300. The van der Waals surface area contributed by atoms with Crippen LogP contribution in [0.15, 0.2) is 29.2 Å². The van der Waals surface area contributed by atoms with Crippen molar-refractivity contribution < 1.29 is 17.9 Å². The lowest BCUT2D eigenvalue weighted by Crippen LogP contribution is -2.05. The molecule has 1 rings (SSSR count). The molecule has 0 atom stereocenters. The van der Waals surface area contributed by atoms with Crippen LogP contribution in [0.25, 0.3) is 0 Å². The van der Waals surface area contributed by atoms with E-state index in [2.05, 4.69) is 0 Å². The van der Waals surface area contributed by atoms with Crippen molar-refractivity contribution in [1.29, 1.82) is 0 Å². The van der Waals surface area contributed by atoms with Crippen LogP contribution in [0.1, 0.15) is 23.7 Å². The van der Waals surface area contributed by atoms with Gasteiger partial charge in [-0.1, -0.05) is 6.92 Å². The minimum Gasteiger partial charge on any atom is -0.462 e. The van der Waals surface area contributed by atoms with Crippen molar-refractivity contribution in [2.24, 2.45) is 0 Å². The van der Waals surface area contributed by atoms with Gasteiger partial charge in [-0.25, -0.2) is 13.2 Å². The van der Waals surface area contributed by atoms with E-state index in [1.54, 1.807) is 0 Å². The predicted molar refractivity (Wildman–Crippen MR) is 60.1 cm³/mol. The Morgan fingerprint density at radius 1 is 1.31 bits per heavy atom. The summed E-state index contributed by atoms with van der Waals surface area (Å²) >= 11 is 0. The Hall–Kier alpha value is -1.07. The summed E-state index contributed by atoms with van der Waals surface area (Å²) in [5.74, 6) is -0.472. The Balaban J connectivity index is 2.83. The third kappa shape index (κ3) is 3.50. The maximum atomic E-state index is 11.4. The van der Waals surface area contributed by atoms with Gasteiger partial charge in [0.2, 0.25) is 0 Å². The molecule has 16 heavy (non-hydrogen) atoms. The third-order valence-corrected chi connectivity index (χ3v) is 3.18. The van der Waals surface area contributed by atoms with E-state index in [9.17, 15) is 13.2 Å². The second kappa shape index (κ2) is 5.32. The molecule has 6 heteroatoms. The van der Waals surface area contributed by atoms with E-state index >= 15 is 0 Å². The van der Waals surface area contributed by atoms with E-state index < -0.39 is 15.0 Å². The molecule has 0 aliphatic rings. The number of hydrogen-bond donors (Lipinski definition) is 0. The van der Waals surface area contributed by atoms with Crippen molar-refractivity contribution in [3.05, 3.63) is 29.8 Å². The zero-order valence-electron chi connectivity index (χ0n) is 8.64. The molecule has 0 aliphatic heterocycles. The fourth-order valence-electron chi connectivity index (χ4n) is 1.03. The van der Waals surface area contributed by atoms with Gasteiger partial charge in [-0.3, -0.25) is 0 Å². The monoisotopic (exact) mass is 262 g/mol. The quantitative estimate of drug-likeness (QED) is 0.616. The van der Waals surface area contributed by atoms with Gasteiger partial charge in [0.1, 0.15) is 0 Å². The van der Waals surface area contributed by atoms with Gasteiger partial charge in [0, 0.05) is 10.7 Å². The number of ether oxygens (including phenoxy) is 1. The van der Waals surface area contributed by atoms with Gasteiger partial charge < -0.3 is 4.74 Å². The predicted octanol–water partition coefficient (Wildman–Crippen LogP) is 2.18. The minimum absolute atomic E-state index is 0.0405. The molecule has 0 heterocycles. The smallest absolute Gasteiger partial charge is 0.338 e. The van der Waals surface area contributed by atoms with Gasteiger partial charge in [-0.05, 0) is 30.7 Å². The van der Waals surface area contributed by atoms with Crippen LogP contribution in [0.2, 0.25) is 0 Å². The molecule has 4 nitrogen and oxygen atoms in total. The lowest BCUT2D eigenvalue weighted by atomic mass is 10.2. The molecule has 88 valence electrons. The van der Waals surface area contributed by atoms with Gasteiger partial charge in [0.25, 0.3) is 9.05 Å². The average Bonchev–Trinajstić information content (AvgIpc) is 2.25. The van der Waals surface area contributed by atoms with Crippen molar-refractivity contribution >= 4 is 25.7 Å². The Labute approximate surface area is 98.6 Å². The molecular formula is C10H11ClO4S. The van der Waals surface area contributed by atoms with Crippen LogP contribution < -0.4 is 0 Å². The Morgan fingerprint density at radius 2 is 1.88 bits per heavy atom. The Bertz CT molecular complexity index is 464. The normalized spacial score (nSPS) is 11.1. The number of esters is 1. The average molecular weight is 263 g/mol. The highest BCUT2D eigenvalue weighted by Gasteiger charge is 2.11. The van der Waals surface area contributed by atoms with Gasteiger partial charge in [0.15, 0.2) is 0 Å². The SMILES string of the molecule is CCCOC(=O)c1ccc(S(=O)(=O)Cl)cc1. The third-order valence-electron chi connectivity index (χ3n) is 1.81. The molecule has 1 aromatic carbocycles. The first-order valence-electron chi connectivity index (χ1n) is 4.67. The molecule has 0 fully saturated rings. The van der Waals surface area contributed by atoms with Crippen LogP contribution in [0.3, 0.4) is 0 Å². The highest BCUT2D eigenvalue weighted by Crippen LogP contribution is 2.15. The fourth-order valence-corrected chi connectivity index (χ4v) is 1.80. The number of hydrogen-bond acceptors (Lipinski definition) is 4. The first-order chi connectivity index (χ1) is 7.45. The van der Waals surface area contributed by atoms with Gasteiger partial charge >= 0.3 is 5.97 Å². The molecule has 0 bridgehead atoms. The van der Waals surface area contributed by atoms with Gasteiger partial charge in [-0.2, -0.15) is 0 Å². The van der Waals surface area contributed by atoms with Crippen LogP contribution in [-0.2, 0) is 13.8 Å². The van der Waals surface area contributed by atoms with Crippen LogP contribution in [0.5, 0.6) is 0 Å². The first kappa shape index (κ1) is 13.0. The van der Waals surface area contributed by atoms with Crippen LogP contribution in [-0.4, -0.2) is 21.0 Å². The summed E-state index contributed by atoms with van der Waals surface area (Å²) in [6, 6.07) is 5.27. The molecule has 0 radical (unpaired) electrons. The number of carbonyl (C=O) groups excluding carboxylic acids is 1. The van der Waals surface area contributed by atoms with E-state index in [-0.39, 0.29) is 4.90 Å². The van der Waals surface area contributed by atoms with Crippen LogP contribution >= 0.6 is 10.7 Å². The lowest BCUT2D eigenvalue weighted by molar-refractivity contribution is 0.0505. The van der Waals surface area contributed by atoms with Crippen molar-refractivity contribution in [3.63, 3.8) is 0 Å². The lowest BCUT2D eigenvalue weighted by Gasteiger charge is -2.03. The molecule has 0 spiro atoms. The number of benzene rings is 1. The zero-order chi connectivity index (χ0) is 12.2. The van der Waals surface area contributed by atoms with E-state index in [0.717, 1.165) is 6.42 Å². The second-order valence-corrected chi connectivity index (χ2v) is 5.66. The maximum absolute atomic E-state index is 11.4. The first-order valence-corrected chi connectivity index (χ1v) is 6.98. The second-order valence-electron chi connectivity index (χ2n) is 3.10. The Morgan fingerprint density at radius 3 is 2.31 bits per heavy atom. The van der Waals surface area contributed by atoms with Crippen molar-refractivity contribution in [2.45, 2.75) is 18.2 Å². The molecule has 0 aliphatic carbocycles. The summed E-state index contributed by atoms with van der Waals surface area (Å²) < 4.78 is 26.8. The summed E-state index contributed by atoms with van der Waals surface area (Å²) in [5.41, 5.74) is 0.303. The Kier molecular flexibility index (Phi) is 4.32. The van der Waals surface area contributed by atoms with E-state index in [4.69, 9.17) is 15.4 Å². The van der Waals surface area contributed by atoms with E-state index in [1.165, 1.54) is 24.3 Å². The summed E-state index contributed by atoms with van der Waals surface area (Å²) in [6.45, 7) is 2.23. The number of rotatable bonds is 4. The summed E-state index contributed by atoms with van der Waals surface area (Å²) in [4.78, 5) is 11.3. The highest BCUT2D eigenvalue weighted by molar-refractivity contribution is 8.13. The largest absolute Gasteiger partial charge is 0.462 e. The van der Waals surface area contributed by atoms with Gasteiger partial charge in [-0.15, -0.1) is 0 Å². The molecular weight excluding hydrogens is 252 g/mol. The standard InChI is InChI=1S/C10H11ClO4S/c1-2-7-15-10(12)8-3-5-9(6-4-8)16(11,13)14/h3-6H,2,7H2,1H3.